The fraction of sp³-hybridized carbons (Fsp3) is 0.870. The van der Waals surface area contributed by atoms with Gasteiger partial charge in [0.2, 0.25) is 0 Å². The largest absolute Gasteiger partial charge is 0.300 e. The average Bonchev–Trinajstić information content (AvgIpc) is 2.56. The molecule has 0 saturated heterocycles. The van der Waals surface area contributed by atoms with Gasteiger partial charge in [0.25, 0.3) is 0 Å². The van der Waals surface area contributed by atoms with Crippen molar-refractivity contribution in [2.45, 2.75) is 124 Å². The molecule has 1 nitrogen and oxygen atoms in total. The second kappa shape index (κ2) is 18.7. The van der Waals surface area contributed by atoms with Crippen LogP contribution in [0.2, 0.25) is 0 Å². The van der Waals surface area contributed by atoms with Gasteiger partial charge in [-0.1, -0.05) is 84.3 Å². The van der Waals surface area contributed by atoms with Crippen LogP contribution in [0.15, 0.2) is 12.2 Å². The fourth-order valence-corrected chi connectivity index (χ4v) is 2.97. The second-order valence-corrected chi connectivity index (χ2v) is 7.81. The summed E-state index contributed by atoms with van der Waals surface area (Å²) in [6.45, 7) is 6.65. The van der Waals surface area contributed by atoms with Crippen molar-refractivity contribution in [3.63, 3.8) is 0 Å². The zero-order valence-corrected chi connectivity index (χ0v) is 17.0. The van der Waals surface area contributed by atoms with Gasteiger partial charge in [-0.3, -0.25) is 4.79 Å². The average molecular weight is 337 g/mol. The molecule has 0 aromatic rings. The second-order valence-electron chi connectivity index (χ2n) is 7.81. The van der Waals surface area contributed by atoms with E-state index in [2.05, 4.69) is 32.9 Å². The predicted octanol–water partition coefficient (Wildman–Crippen LogP) is 8.03. The van der Waals surface area contributed by atoms with E-state index in [0.29, 0.717) is 11.7 Å². The molecule has 0 aliphatic rings. The van der Waals surface area contributed by atoms with Gasteiger partial charge in [-0.15, -0.1) is 0 Å². The number of rotatable bonds is 18. The van der Waals surface area contributed by atoms with Crippen LogP contribution < -0.4 is 0 Å². The molecule has 0 unspecified atom stereocenters. The van der Waals surface area contributed by atoms with E-state index in [1.807, 2.05) is 0 Å². The lowest BCUT2D eigenvalue weighted by Gasteiger charge is -2.04. The lowest BCUT2D eigenvalue weighted by Crippen LogP contribution is -2.00. The summed E-state index contributed by atoms with van der Waals surface area (Å²) in [4.78, 5) is 11.7. The predicted molar refractivity (Wildman–Crippen MR) is 109 cm³/mol. The molecule has 24 heavy (non-hydrogen) atoms. The summed E-state index contributed by atoms with van der Waals surface area (Å²) in [5.41, 5.74) is 0. The molecule has 0 amide bonds. The number of unbranched alkanes of at least 4 members (excludes halogenated alkanes) is 11. The Kier molecular flexibility index (Phi) is 18.3. The first-order valence-electron chi connectivity index (χ1n) is 10.8. The molecule has 0 rings (SSSR count). The summed E-state index contributed by atoms with van der Waals surface area (Å²) in [5.74, 6) is 1.13. The Morgan fingerprint density at radius 3 is 1.75 bits per heavy atom. The molecule has 0 fully saturated rings. The maximum Gasteiger partial charge on any atom is 0.132 e. The summed E-state index contributed by atoms with van der Waals surface area (Å²) in [6, 6.07) is 0. The minimum atomic E-state index is 0.473. The van der Waals surface area contributed by atoms with Crippen LogP contribution in [0.3, 0.4) is 0 Å². The van der Waals surface area contributed by atoms with Crippen LogP contribution in [-0.4, -0.2) is 5.78 Å². The van der Waals surface area contributed by atoms with E-state index in [-0.39, 0.29) is 0 Å². The minimum Gasteiger partial charge on any atom is -0.300 e. The summed E-state index contributed by atoms with van der Waals surface area (Å²) < 4.78 is 0. The molecular weight excluding hydrogens is 292 g/mol. The van der Waals surface area contributed by atoms with Crippen LogP contribution in [0.5, 0.6) is 0 Å². The Labute approximate surface area is 152 Å². The van der Waals surface area contributed by atoms with Crippen LogP contribution in [0.1, 0.15) is 124 Å². The number of Topliss-reactive ketones (excluding diaryl/α,β-unsaturated/α-hetero) is 1. The van der Waals surface area contributed by atoms with Crippen molar-refractivity contribution in [3.05, 3.63) is 12.2 Å². The van der Waals surface area contributed by atoms with Crippen molar-refractivity contribution in [2.75, 3.05) is 0 Å². The summed E-state index contributed by atoms with van der Waals surface area (Å²) in [7, 11) is 0. The van der Waals surface area contributed by atoms with E-state index in [1.165, 1.54) is 77.0 Å². The summed E-state index contributed by atoms with van der Waals surface area (Å²) >= 11 is 0. The third-order valence-corrected chi connectivity index (χ3v) is 4.72. The van der Waals surface area contributed by atoms with Crippen molar-refractivity contribution in [1.29, 1.82) is 0 Å². The van der Waals surface area contributed by atoms with Gasteiger partial charge in [0.15, 0.2) is 0 Å². The third kappa shape index (κ3) is 19.5. The van der Waals surface area contributed by atoms with E-state index in [9.17, 15) is 4.79 Å². The number of allylic oxidation sites excluding steroid dienone is 2. The van der Waals surface area contributed by atoms with E-state index >= 15 is 0 Å². The molecule has 0 spiro atoms. The van der Waals surface area contributed by atoms with Gasteiger partial charge < -0.3 is 0 Å². The molecule has 142 valence electrons. The number of hydrogen-bond donors (Lipinski definition) is 0. The molecule has 0 aliphatic carbocycles. The van der Waals surface area contributed by atoms with Crippen molar-refractivity contribution in [3.8, 4) is 0 Å². The lowest BCUT2D eigenvalue weighted by molar-refractivity contribution is -0.119. The highest BCUT2D eigenvalue weighted by atomic mass is 16.1. The number of carbonyl (C=O) groups is 1. The first-order valence-corrected chi connectivity index (χ1v) is 10.8. The first-order chi connectivity index (χ1) is 11.7. The molecule has 1 heteroatoms. The van der Waals surface area contributed by atoms with Crippen molar-refractivity contribution in [1.82, 2.24) is 0 Å². The van der Waals surface area contributed by atoms with Gasteiger partial charge in [0.05, 0.1) is 0 Å². The summed E-state index contributed by atoms with van der Waals surface area (Å²) in [5, 5.41) is 0. The van der Waals surface area contributed by atoms with Gasteiger partial charge in [0.1, 0.15) is 5.78 Å². The van der Waals surface area contributed by atoms with Crippen LogP contribution in [-0.2, 0) is 4.79 Å². The van der Waals surface area contributed by atoms with Crippen LogP contribution >= 0.6 is 0 Å². The normalized spacial score (nSPS) is 11.7. The Bertz CT molecular complexity index is 290. The highest BCUT2D eigenvalue weighted by Gasteiger charge is 2.03. The highest BCUT2D eigenvalue weighted by Crippen LogP contribution is 2.12. The quantitative estimate of drug-likeness (QED) is 0.183. The van der Waals surface area contributed by atoms with Gasteiger partial charge in [0, 0.05) is 12.8 Å². The van der Waals surface area contributed by atoms with Gasteiger partial charge in [-0.05, 0) is 44.4 Å². The Morgan fingerprint density at radius 1 is 0.708 bits per heavy atom. The van der Waals surface area contributed by atoms with Gasteiger partial charge in [-0.25, -0.2) is 0 Å². The third-order valence-electron chi connectivity index (χ3n) is 4.72. The molecule has 0 N–H and O–H groups in total. The smallest absolute Gasteiger partial charge is 0.132 e. The monoisotopic (exact) mass is 336 g/mol. The zero-order valence-electron chi connectivity index (χ0n) is 17.0. The van der Waals surface area contributed by atoms with E-state index < -0.39 is 0 Å². The number of hydrogen-bond acceptors (Lipinski definition) is 1. The van der Waals surface area contributed by atoms with Gasteiger partial charge in [-0.2, -0.15) is 0 Å². The number of ketones is 1. The van der Waals surface area contributed by atoms with Crippen molar-refractivity contribution >= 4 is 5.78 Å². The standard InChI is InChI=1S/C23H44O/c1-4-5-6-7-8-9-10-11-12-13-14-15-16-17-18-19-23(24)21-20-22(2)3/h11-12,22H,4-10,13-21H2,1-3H3/b12-11-. The molecule has 0 atom stereocenters. The van der Waals surface area contributed by atoms with Crippen molar-refractivity contribution in [2.24, 2.45) is 5.92 Å². The SMILES string of the molecule is CCCCCCCC/C=C\CCCCCCCC(=O)CCC(C)C. The van der Waals surface area contributed by atoms with E-state index in [4.69, 9.17) is 0 Å². The van der Waals surface area contributed by atoms with Gasteiger partial charge >= 0.3 is 0 Å². The molecular formula is C23H44O. The fourth-order valence-electron chi connectivity index (χ4n) is 2.97. The molecule has 0 heterocycles. The molecule has 0 bridgehead atoms. The molecule has 0 aromatic heterocycles. The van der Waals surface area contributed by atoms with Crippen LogP contribution in [0.25, 0.3) is 0 Å². The minimum absolute atomic E-state index is 0.473. The zero-order chi connectivity index (χ0) is 17.9. The number of carbonyl (C=O) groups excluding carboxylic acids is 1. The van der Waals surface area contributed by atoms with E-state index in [1.54, 1.807) is 0 Å². The van der Waals surface area contributed by atoms with Crippen LogP contribution in [0.4, 0.5) is 0 Å². The molecule has 0 saturated carbocycles. The molecule has 0 aromatic carbocycles. The molecule has 0 radical (unpaired) electrons. The maximum atomic E-state index is 11.7. The summed E-state index contributed by atoms with van der Waals surface area (Å²) in [6.07, 6.45) is 24.5. The topological polar surface area (TPSA) is 17.1 Å². The first kappa shape index (κ1) is 23.4. The Hall–Kier alpha value is -0.590. The lowest BCUT2D eigenvalue weighted by atomic mass is 10.0. The molecule has 0 aliphatic heterocycles. The van der Waals surface area contributed by atoms with Crippen LogP contribution in [0, 0.1) is 5.92 Å². The highest BCUT2D eigenvalue weighted by molar-refractivity contribution is 5.78. The van der Waals surface area contributed by atoms with E-state index in [0.717, 1.165) is 25.7 Å². The Morgan fingerprint density at radius 2 is 1.21 bits per heavy atom. The van der Waals surface area contributed by atoms with Crippen molar-refractivity contribution < 1.29 is 4.79 Å². The Balaban J connectivity index is 3.19. The maximum absolute atomic E-state index is 11.7.